The second kappa shape index (κ2) is 10.9. The Morgan fingerprint density at radius 2 is 1.80 bits per heavy atom. The monoisotopic (exact) mass is 145 g/mol. The average Bonchev–Trinajstić information content (AvgIpc) is 2.48. The van der Waals surface area contributed by atoms with Crippen LogP contribution in [0.5, 0.6) is 0 Å². The number of rotatable bonds is 0. The van der Waals surface area contributed by atoms with Crippen LogP contribution in [0.25, 0.3) is 0 Å². The minimum absolute atomic E-state index is 0.407. The molecule has 0 unspecified atom stereocenters. The van der Waals surface area contributed by atoms with Crippen molar-refractivity contribution >= 4 is 0 Å². The van der Waals surface area contributed by atoms with Crippen molar-refractivity contribution in [1.29, 1.82) is 0 Å². The van der Waals surface area contributed by atoms with E-state index in [2.05, 4.69) is 9.40 Å². The van der Waals surface area contributed by atoms with Gasteiger partial charge in [-0.2, -0.15) is 0 Å². The van der Waals surface area contributed by atoms with E-state index in [1.165, 1.54) is 12.5 Å². The predicted octanol–water partition coefficient (Wildman–Crippen LogP) is 2.02. The fraction of sp³-hybridized carbons (Fsp3) is 0.571. The quantitative estimate of drug-likeness (QED) is 0.607. The molecule has 1 rings (SSSR count). The second-order valence-electron chi connectivity index (χ2n) is 0.852. The van der Waals surface area contributed by atoms with Crippen LogP contribution in [0.3, 0.4) is 0 Å². The number of hydrogen-bond donors (Lipinski definition) is 1. The summed E-state index contributed by atoms with van der Waals surface area (Å²) >= 11 is 0. The van der Waals surface area contributed by atoms with Gasteiger partial charge in [0.05, 0.1) is 0 Å². The normalized spacial score (nSPS) is 6.40. The molecule has 0 aliphatic rings. The van der Waals surface area contributed by atoms with Crippen LogP contribution >= 0.6 is 0 Å². The molecule has 0 saturated carbocycles. The number of aromatic nitrogens is 1. The molecule has 0 aliphatic heterocycles. The first kappa shape index (κ1) is 11.8. The standard InChI is InChI=1S/C3H3NO2.2C2H6/c5-3-4-1-2-6-3;2*1-2/h1-2H,(H,4,5);2*1-2H3. The van der Waals surface area contributed by atoms with Crippen molar-refractivity contribution < 1.29 is 4.42 Å². The van der Waals surface area contributed by atoms with Gasteiger partial charge in [-0.3, -0.25) is 4.98 Å². The molecule has 60 valence electrons. The molecule has 3 nitrogen and oxygen atoms in total. The lowest BCUT2D eigenvalue weighted by Gasteiger charge is -1.51. The largest absolute Gasteiger partial charge is 0.417 e. The number of aromatic amines is 1. The maximum atomic E-state index is 9.85. The molecule has 0 saturated heterocycles. The molecule has 0 aromatic carbocycles. The molecule has 3 heteroatoms. The third-order valence-corrected chi connectivity index (χ3v) is 0.444. The lowest BCUT2D eigenvalue weighted by molar-refractivity contribution is 0.515. The lowest BCUT2D eigenvalue weighted by Crippen LogP contribution is -1.91. The average molecular weight is 145 g/mol. The van der Waals surface area contributed by atoms with Gasteiger partial charge >= 0.3 is 5.76 Å². The molecule has 1 aromatic rings. The predicted molar refractivity (Wildman–Crippen MR) is 42.0 cm³/mol. The molecule has 0 aliphatic carbocycles. The van der Waals surface area contributed by atoms with Gasteiger partial charge in [-0.1, -0.05) is 27.7 Å². The molecule has 1 aromatic heterocycles. The van der Waals surface area contributed by atoms with Crippen molar-refractivity contribution in [1.82, 2.24) is 4.98 Å². The van der Waals surface area contributed by atoms with Gasteiger partial charge in [0, 0.05) is 6.20 Å². The van der Waals surface area contributed by atoms with E-state index in [0.29, 0.717) is 0 Å². The Morgan fingerprint density at radius 1 is 1.30 bits per heavy atom. The van der Waals surface area contributed by atoms with Crippen LogP contribution in [0, 0.1) is 0 Å². The summed E-state index contributed by atoms with van der Waals surface area (Å²) in [5, 5.41) is 0. The minimum Gasteiger partial charge on any atom is -0.417 e. The Morgan fingerprint density at radius 3 is 1.90 bits per heavy atom. The zero-order valence-corrected chi connectivity index (χ0v) is 6.97. The summed E-state index contributed by atoms with van der Waals surface area (Å²) < 4.78 is 4.22. The minimum atomic E-state index is -0.407. The first-order valence-corrected chi connectivity index (χ1v) is 3.52. The van der Waals surface area contributed by atoms with Crippen LogP contribution in [0.1, 0.15) is 27.7 Å². The van der Waals surface area contributed by atoms with Crippen LogP contribution in [-0.2, 0) is 0 Å². The Bertz CT molecular complexity index is 149. The van der Waals surface area contributed by atoms with Crippen molar-refractivity contribution in [2.24, 2.45) is 0 Å². The molecule has 0 fully saturated rings. The zero-order chi connectivity index (χ0) is 8.41. The highest BCUT2D eigenvalue weighted by Gasteiger charge is 1.72. The highest BCUT2D eigenvalue weighted by Crippen LogP contribution is 1.62. The summed E-state index contributed by atoms with van der Waals surface area (Å²) in [5.74, 6) is -0.407. The number of H-pyrrole nitrogens is 1. The maximum Gasteiger partial charge on any atom is 0.416 e. The highest BCUT2D eigenvalue weighted by molar-refractivity contribution is 4.58. The van der Waals surface area contributed by atoms with Gasteiger partial charge < -0.3 is 4.42 Å². The van der Waals surface area contributed by atoms with Gasteiger partial charge in [0.15, 0.2) is 0 Å². The Balaban J connectivity index is 0. The van der Waals surface area contributed by atoms with Crippen molar-refractivity contribution in [2.45, 2.75) is 27.7 Å². The van der Waals surface area contributed by atoms with Crippen LogP contribution in [-0.4, -0.2) is 4.98 Å². The van der Waals surface area contributed by atoms with Crippen molar-refractivity contribution in [3.8, 4) is 0 Å². The number of oxazole rings is 1. The molecular weight excluding hydrogens is 130 g/mol. The second-order valence-corrected chi connectivity index (χ2v) is 0.852. The van der Waals surface area contributed by atoms with E-state index in [1.807, 2.05) is 27.7 Å². The molecule has 0 atom stereocenters. The van der Waals surface area contributed by atoms with E-state index in [9.17, 15) is 4.79 Å². The molecule has 0 spiro atoms. The molecule has 0 radical (unpaired) electrons. The van der Waals surface area contributed by atoms with Crippen molar-refractivity contribution in [3.63, 3.8) is 0 Å². The molecule has 1 heterocycles. The van der Waals surface area contributed by atoms with Crippen LogP contribution in [0.4, 0.5) is 0 Å². The van der Waals surface area contributed by atoms with E-state index in [0.717, 1.165) is 0 Å². The summed E-state index contributed by atoms with van der Waals surface area (Å²) in [5.41, 5.74) is 0. The van der Waals surface area contributed by atoms with Crippen LogP contribution < -0.4 is 5.76 Å². The third kappa shape index (κ3) is 7.01. The summed E-state index contributed by atoms with van der Waals surface area (Å²) in [7, 11) is 0. The smallest absolute Gasteiger partial charge is 0.416 e. The Hall–Kier alpha value is -0.990. The van der Waals surface area contributed by atoms with Crippen molar-refractivity contribution in [2.75, 3.05) is 0 Å². The van der Waals surface area contributed by atoms with Crippen molar-refractivity contribution in [3.05, 3.63) is 23.0 Å². The van der Waals surface area contributed by atoms with Gasteiger partial charge in [-0.25, -0.2) is 4.79 Å². The molecule has 0 amide bonds. The maximum absolute atomic E-state index is 9.85. The van der Waals surface area contributed by atoms with E-state index >= 15 is 0 Å². The number of nitrogens with one attached hydrogen (secondary N) is 1. The van der Waals surface area contributed by atoms with Crippen LogP contribution in [0.2, 0.25) is 0 Å². The fourth-order valence-electron chi connectivity index (χ4n) is 0.232. The van der Waals surface area contributed by atoms with Crippen LogP contribution in [0.15, 0.2) is 21.7 Å². The van der Waals surface area contributed by atoms with Gasteiger partial charge in [0.2, 0.25) is 0 Å². The van der Waals surface area contributed by atoms with E-state index in [4.69, 9.17) is 0 Å². The molecule has 10 heavy (non-hydrogen) atoms. The fourth-order valence-corrected chi connectivity index (χ4v) is 0.232. The molecular formula is C7H15NO2. The van der Waals surface area contributed by atoms with Gasteiger partial charge in [-0.05, 0) is 0 Å². The SMILES string of the molecule is CC.CC.O=c1[nH]cco1. The van der Waals surface area contributed by atoms with Gasteiger partial charge in [-0.15, -0.1) is 0 Å². The van der Waals surface area contributed by atoms with E-state index < -0.39 is 5.76 Å². The topological polar surface area (TPSA) is 46.0 Å². The van der Waals surface area contributed by atoms with Gasteiger partial charge in [0.25, 0.3) is 0 Å². The molecule has 0 bridgehead atoms. The summed E-state index contributed by atoms with van der Waals surface area (Å²) in [6, 6.07) is 0. The number of hydrogen-bond acceptors (Lipinski definition) is 2. The third-order valence-electron chi connectivity index (χ3n) is 0.444. The zero-order valence-electron chi connectivity index (χ0n) is 6.97. The summed E-state index contributed by atoms with van der Waals surface area (Å²) in [6.07, 6.45) is 2.73. The first-order chi connectivity index (χ1) is 4.89. The summed E-state index contributed by atoms with van der Waals surface area (Å²) in [4.78, 5) is 12.1. The first-order valence-electron chi connectivity index (χ1n) is 3.52. The Kier molecular flexibility index (Phi) is 12.8. The van der Waals surface area contributed by atoms with E-state index in [-0.39, 0.29) is 0 Å². The molecule has 1 N–H and O–H groups in total. The van der Waals surface area contributed by atoms with Gasteiger partial charge in [0.1, 0.15) is 6.26 Å². The van der Waals surface area contributed by atoms with E-state index in [1.54, 1.807) is 0 Å². The highest BCUT2D eigenvalue weighted by atomic mass is 16.4. The lowest BCUT2D eigenvalue weighted by atomic mass is 11.0. The summed E-state index contributed by atoms with van der Waals surface area (Å²) in [6.45, 7) is 8.00. The Labute approximate surface area is 61.1 Å².